The number of hydrogen-bond donors (Lipinski definition) is 1. The zero-order valence-electron chi connectivity index (χ0n) is 15.9. The number of hydrogen-bond acceptors (Lipinski definition) is 4. The number of ether oxygens (including phenoxy) is 1. The summed E-state index contributed by atoms with van der Waals surface area (Å²) in [5.74, 6) is 0.706. The van der Waals surface area contributed by atoms with Crippen LogP contribution in [0, 0.1) is 5.92 Å². The minimum absolute atomic E-state index is 0.00590. The van der Waals surface area contributed by atoms with Crippen molar-refractivity contribution < 1.29 is 14.3 Å². The summed E-state index contributed by atoms with van der Waals surface area (Å²) >= 11 is 1.32. The maximum Gasteiger partial charge on any atom is 0.262 e. The zero-order valence-corrected chi connectivity index (χ0v) is 16.7. The Kier molecular flexibility index (Phi) is 7.76. The molecule has 1 amide bonds. The quantitative estimate of drug-likeness (QED) is 0.574. The summed E-state index contributed by atoms with van der Waals surface area (Å²) in [6.07, 6.45) is 7.42. The van der Waals surface area contributed by atoms with E-state index in [1.165, 1.54) is 31.0 Å². The molecule has 1 aliphatic heterocycles. The van der Waals surface area contributed by atoms with E-state index in [1.807, 2.05) is 37.3 Å². The fourth-order valence-corrected chi connectivity index (χ4v) is 4.20. The zero-order chi connectivity index (χ0) is 19.0. The van der Waals surface area contributed by atoms with Crippen LogP contribution >= 0.6 is 11.8 Å². The first-order valence-corrected chi connectivity index (χ1v) is 10.2. The lowest BCUT2D eigenvalue weighted by Crippen LogP contribution is -2.32. The molecule has 0 fully saturated rings. The van der Waals surface area contributed by atoms with Crippen LogP contribution in [0.2, 0.25) is 0 Å². The van der Waals surface area contributed by atoms with Crippen LogP contribution in [0.25, 0.3) is 0 Å². The molecule has 5 heteroatoms. The second-order valence-corrected chi connectivity index (χ2v) is 8.44. The first kappa shape index (κ1) is 20.6. The molecule has 1 N–H and O–H groups in total. The summed E-state index contributed by atoms with van der Waals surface area (Å²) in [6, 6.07) is 9.28. The number of carbonyl (C=O) groups excluding carboxylic acids is 2. The van der Waals surface area contributed by atoms with Crippen molar-refractivity contribution in [2.45, 2.75) is 57.6 Å². The van der Waals surface area contributed by atoms with E-state index in [4.69, 9.17) is 4.74 Å². The molecule has 1 aliphatic rings. The van der Waals surface area contributed by atoms with Gasteiger partial charge in [0.05, 0.1) is 4.75 Å². The topological polar surface area (TPSA) is 55.4 Å². The van der Waals surface area contributed by atoms with E-state index < -0.39 is 4.75 Å². The Bertz CT molecular complexity index is 644. The molecule has 0 bridgehead atoms. The predicted octanol–water partition coefficient (Wildman–Crippen LogP) is 5.16. The average molecular weight is 376 g/mol. The smallest absolute Gasteiger partial charge is 0.262 e. The number of nitrogens with one attached hydrogen (secondary N) is 1. The highest BCUT2D eigenvalue weighted by Gasteiger charge is 2.44. The van der Waals surface area contributed by atoms with Crippen LogP contribution in [-0.2, 0) is 14.3 Å². The van der Waals surface area contributed by atoms with Gasteiger partial charge in [-0.05, 0) is 31.4 Å². The lowest BCUT2D eigenvalue weighted by molar-refractivity contribution is -0.119. The minimum Gasteiger partial charge on any atom is -0.486 e. The number of anilines is 1. The maximum absolute atomic E-state index is 12.1. The minimum atomic E-state index is -0.393. The van der Waals surface area contributed by atoms with Crippen LogP contribution in [0.3, 0.4) is 0 Å². The van der Waals surface area contributed by atoms with Crippen LogP contribution in [0.15, 0.2) is 42.2 Å². The number of para-hydroxylation sites is 1. The molecule has 2 unspecified atom stereocenters. The van der Waals surface area contributed by atoms with Crippen molar-refractivity contribution in [1.29, 1.82) is 0 Å². The van der Waals surface area contributed by atoms with Crippen LogP contribution in [0.5, 0.6) is 0 Å². The largest absolute Gasteiger partial charge is 0.486 e. The van der Waals surface area contributed by atoms with Gasteiger partial charge in [0.25, 0.3) is 5.91 Å². The van der Waals surface area contributed by atoms with E-state index >= 15 is 0 Å². The van der Waals surface area contributed by atoms with Crippen molar-refractivity contribution >= 4 is 28.5 Å². The lowest BCUT2D eigenvalue weighted by Gasteiger charge is -2.32. The van der Waals surface area contributed by atoms with E-state index in [0.717, 1.165) is 18.5 Å². The van der Waals surface area contributed by atoms with Gasteiger partial charge in [0.1, 0.15) is 5.76 Å². The van der Waals surface area contributed by atoms with Gasteiger partial charge < -0.3 is 10.1 Å². The number of rotatable bonds is 10. The van der Waals surface area contributed by atoms with Gasteiger partial charge in [0.2, 0.25) is 5.12 Å². The number of benzene rings is 1. The van der Waals surface area contributed by atoms with Crippen LogP contribution < -0.4 is 5.32 Å². The van der Waals surface area contributed by atoms with Gasteiger partial charge in [-0.1, -0.05) is 69.5 Å². The SMILES string of the molecule is CCCCCCC(C)C1(C)SC(=O)C=C1OCC(=O)Nc1ccccc1. The highest BCUT2D eigenvalue weighted by molar-refractivity contribution is 8.15. The molecule has 0 aromatic heterocycles. The first-order chi connectivity index (χ1) is 12.5. The third kappa shape index (κ3) is 5.63. The molecule has 1 aromatic rings. The van der Waals surface area contributed by atoms with Gasteiger partial charge in [0, 0.05) is 11.8 Å². The van der Waals surface area contributed by atoms with Crippen molar-refractivity contribution in [2.24, 2.45) is 5.92 Å². The Morgan fingerprint density at radius 2 is 1.96 bits per heavy atom. The molecule has 26 heavy (non-hydrogen) atoms. The van der Waals surface area contributed by atoms with E-state index in [1.54, 1.807) is 6.08 Å². The first-order valence-electron chi connectivity index (χ1n) is 9.38. The highest BCUT2D eigenvalue weighted by atomic mass is 32.2. The van der Waals surface area contributed by atoms with E-state index in [2.05, 4.69) is 19.2 Å². The number of unbranched alkanes of at least 4 members (excludes halogenated alkanes) is 3. The third-order valence-electron chi connectivity index (χ3n) is 4.90. The van der Waals surface area contributed by atoms with Crippen molar-refractivity contribution in [3.8, 4) is 0 Å². The fourth-order valence-electron chi connectivity index (χ4n) is 3.08. The maximum atomic E-state index is 12.1. The Hall–Kier alpha value is -1.75. The molecule has 142 valence electrons. The highest BCUT2D eigenvalue weighted by Crippen LogP contribution is 2.47. The standard InChI is InChI=1S/C21H29NO3S/c1-4-5-6-8-11-16(2)21(3)18(14-20(24)26-21)25-15-19(23)22-17-12-9-7-10-13-17/h7,9-10,12-14,16H,4-6,8,11,15H2,1-3H3,(H,22,23). The Morgan fingerprint density at radius 1 is 1.23 bits per heavy atom. The van der Waals surface area contributed by atoms with Crippen molar-refractivity contribution in [3.63, 3.8) is 0 Å². The lowest BCUT2D eigenvalue weighted by atomic mass is 9.88. The van der Waals surface area contributed by atoms with Gasteiger partial charge in [0.15, 0.2) is 6.61 Å². The van der Waals surface area contributed by atoms with Crippen molar-refractivity contribution in [1.82, 2.24) is 0 Å². The van der Waals surface area contributed by atoms with Crippen molar-refractivity contribution in [2.75, 3.05) is 11.9 Å². The van der Waals surface area contributed by atoms with Gasteiger partial charge in [-0.25, -0.2) is 0 Å². The average Bonchev–Trinajstić information content (AvgIpc) is 2.92. The Balaban J connectivity index is 1.90. The molecule has 0 spiro atoms. The predicted molar refractivity (Wildman–Crippen MR) is 108 cm³/mol. The van der Waals surface area contributed by atoms with Gasteiger partial charge >= 0.3 is 0 Å². The summed E-state index contributed by atoms with van der Waals surface area (Å²) in [5.41, 5.74) is 0.735. The molecule has 0 aliphatic carbocycles. The normalized spacial score (nSPS) is 20.6. The van der Waals surface area contributed by atoms with E-state index in [0.29, 0.717) is 11.7 Å². The molecular formula is C21H29NO3S. The van der Waals surface area contributed by atoms with E-state index in [9.17, 15) is 9.59 Å². The molecule has 2 rings (SSSR count). The Morgan fingerprint density at radius 3 is 2.65 bits per heavy atom. The molecule has 1 aromatic carbocycles. The van der Waals surface area contributed by atoms with Gasteiger partial charge in [-0.15, -0.1) is 0 Å². The van der Waals surface area contributed by atoms with Crippen molar-refractivity contribution in [3.05, 3.63) is 42.2 Å². The third-order valence-corrected chi connectivity index (χ3v) is 6.24. The summed E-state index contributed by atoms with van der Waals surface area (Å²) in [5, 5.41) is 2.81. The molecule has 2 atom stereocenters. The Labute approximate surface area is 160 Å². The van der Waals surface area contributed by atoms with Gasteiger partial charge in [-0.3, -0.25) is 9.59 Å². The van der Waals surface area contributed by atoms with Gasteiger partial charge in [-0.2, -0.15) is 0 Å². The number of amides is 1. The second kappa shape index (κ2) is 9.81. The monoisotopic (exact) mass is 375 g/mol. The molecular weight excluding hydrogens is 346 g/mol. The second-order valence-electron chi connectivity index (χ2n) is 6.99. The fraction of sp³-hybridized carbons (Fsp3) is 0.524. The van der Waals surface area contributed by atoms with Crippen LogP contribution in [0.1, 0.15) is 52.9 Å². The molecule has 1 heterocycles. The molecule has 0 radical (unpaired) electrons. The summed E-state index contributed by atoms with van der Waals surface area (Å²) < 4.78 is 5.39. The van der Waals surface area contributed by atoms with Crippen LogP contribution in [0.4, 0.5) is 5.69 Å². The molecule has 0 saturated heterocycles. The summed E-state index contributed by atoms with van der Waals surface area (Å²) in [4.78, 5) is 24.1. The summed E-state index contributed by atoms with van der Waals surface area (Å²) in [7, 11) is 0. The number of thioether (sulfide) groups is 1. The van der Waals surface area contributed by atoms with Crippen LogP contribution in [-0.4, -0.2) is 22.4 Å². The molecule has 4 nitrogen and oxygen atoms in total. The molecule has 0 saturated carbocycles. The van der Waals surface area contributed by atoms with E-state index in [-0.39, 0.29) is 17.6 Å². The summed E-state index contributed by atoms with van der Waals surface area (Å²) in [6.45, 7) is 6.32. The number of carbonyl (C=O) groups is 2.